The molecule has 2 nitrogen and oxygen atoms in total. The minimum absolute atomic E-state index is 0.00191. The molecule has 2 aliphatic carbocycles. The Bertz CT molecular complexity index is 3800. The van der Waals surface area contributed by atoms with Gasteiger partial charge in [-0.05, 0) is 187 Å². The summed E-state index contributed by atoms with van der Waals surface area (Å²) in [7, 11) is 0. The summed E-state index contributed by atoms with van der Waals surface area (Å²) in [5.74, 6) is 0. The Hall–Kier alpha value is -6.36. The number of benzene rings is 8. The van der Waals surface area contributed by atoms with Gasteiger partial charge in [0.15, 0.2) is 0 Å². The Morgan fingerprint density at radius 2 is 1.07 bits per heavy atom. The highest BCUT2D eigenvalue weighted by Gasteiger charge is 2.49. The SMILES string of the molecule is Cc1cc2c3c(c1)N(c1ccc(C(C)(C)C)cc1-c1ccccc1)c1cc4c(cc1B3c1ccc(-c3cccc5sc6ccccc6c35)cc1N2c1cc2c(cc1C)C(C)(C)CCC2(C)C)C(C)(C)CC4(C)C. The third-order valence-corrected chi connectivity index (χ3v) is 19.1. The fraction of sp³-hybridized carbons (Fsp3) is 0.304. The lowest BCUT2D eigenvalue weighted by Crippen LogP contribution is -2.61. The minimum atomic E-state index is -0.0203. The van der Waals surface area contributed by atoms with Crippen LogP contribution >= 0.6 is 11.3 Å². The molecule has 4 aliphatic rings. The van der Waals surface area contributed by atoms with Gasteiger partial charge in [-0.15, -0.1) is 11.3 Å². The van der Waals surface area contributed by atoms with Gasteiger partial charge in [0.1, 0.15) is 0 Å². The topological polar surface area (TPSA) is 6.48 Å². The number of anilines is 6. The molecule has 0 bridgehead atoms. The van der Waals surface area contributed by atoms with Crippen molar-refractivity contribution in [2.45, 2.75) is 136 Å². The molecule has 0 unspecified atom stereocenters. The van der Waals surface area contributed by atoms with Gasteiger partial charge >= 0.3 is 0 Å². The average molecular weight is 969 g/mol. The summed E-state index contributed by atoms with van der Waals surface area (Å²) in [5.41, 5.74) is 26.9. The second kappa shape index (κ2) is 15.6. The van der Waals surface area contributed by atoms with Crippen molar-refractivity contribution in [1.82, 2.24) is 0 Å². The molecule has 0 atom stereocenters. The van der Waals surface area contributed by atoms with E-state index in [0.717, 1.165) is 12.8 Å². The van der Waals surface area contributed by atoms with E-state index in [1.807, 2.05) is 11.3 Å². The van der Waals surface area contributed by atoms with Crippen LogP contribution in [0.2, 0.25) is 0 Å². The molecule has 73 heavy (non-hydrogen) atoms. The third kappa shape index (κ3) is 6.95. The fourth-order valence-corrected chi connectivity index (χ4v) is 15.4. The summed E-state index contributed by atoms with van der Waals surface area (Å²) in [6.45, 7) is 31.5. The first-order valence-corrected chi connectivity index (χ1v) is 27.8. The molecule has 364 valence electrons. The van der Waals surface area contributed by atoms with E-state index >= 15 is 0 Å². The van der Waals surface area contributed by atoms with Crippen LogP contribution in [-0.2, 0) is 27.1 Å². The Labute approximate surface area is 439 Å². The molecule has 0 spiro atoms. The van der Waals surface area contributed by atoms with E-state index in [9.17, 15) is 0 Å². The second-order valence-electron chi connectivity index (χ2n) is 26.1. The van der Waals surface area contributed by atoms with Crippen LogP contribution < -0.4 is 26.2 Å². The number of hydrogen-bond donors (Lipinski definition) is 0. The predicted molar refractivity (Wildman–Crippen MR) is 318 cm³/mol. The first-order chi connectivity index (χ1) is 34.6. The van der Waals surface area contributed by atoms with Crippen LogP contribution in [-0.4, -0.2) is 6.71 Å². The van der Waals surface area contributed by atoms with E-state index in [1.165, 1.54) is 138 Å². The molecule has 0 saturated heterocycles. The smallest absolute Gasteiger partial charge is 0.252 e. The van der Waals surface area contributed by atoms with Gasteiger partial charge in [-0.25, -0.2) is 0 Å². The van der Waals surface area contributed by atoms with Crippen LogP contribution in [0.3, 0.4) is 0 Å². The molecule has 1 aromatic heterocycles. The van der Waals surface area contributed by atoms with Gasteiger partial charge in [0.2, 0.25) is 0 Å². The zero-order valence-electron chi connectivity index (χ0n) is 45.4. The molecule has 4 heteroatoms. The molecule has 8 aromatic carbocycles. The molecule has 3 heterocycles. The molecule has 0 amide bonds. The van der Waals surface area contributed by atoms with Gasteiger partial charge < -0.3 is 9.80 Å². The first kappa shape index (κ1) is 46.4. The van der Waals surface area contributed by atoms with Crippen LogP contribution in [0, 0.1) is 13.8 Å². The van der Waals surface area contributed by atoms with E-state index in [0.29, 0.717) is 0 Å². The second-order valence-corrected chi connectivity index (χ2v) is 27.2. The number of hydrogen-bond acceptors (Lipinski definition) is 3. The van der Waals surface area contributed by atoms with Gasteiger partial charge in [-0.1, -0.05) is 167 Å². The van der Waals surface area contributed by atoms with Crippen LogP contribution in [0.1, 0.15) is 134 Å². The van der Waals surface area contributed by atoms with Gasteiger partial charge in [0.25, 0.3) is 6.71 Å². The van der Waals surface area contributed by atoms with Crippen LogP contribution in [0.25, 0.3) is 42.4 Å². The normalized spacial score (nSPS) is 17.6. The highest BCUT2D eigenvalue weighted by Crippen LogP contribution is 2.55. The number of nitrogens with zero attached hydrogens (tertiary/aromatic N) is 2. The summed E-state index contributed by atoms with van der Waals surface area (Å²) in [6, 6.07) is 57.4. The minimum Gasteiger partial charge on any atom is -0.311 e. The molecular weight excluding hydrogens is 900 g/mol. The molecule has 2 aliphatic heterocycles. The number of rotatable bonds is 4. The maximum atomic E-state index is 2.71. The summed E-state index contributed by atoms with van der Waals surface area (Å²) in [5, 5.41) is 2.68. The molecule has 0 radical (unpaired) electrons. The highest BCUT2D eigenvalue weighted by atomic mass is 32.1. The average Bonchev–Trinajstić information content (AvgIpc) is 3.82. The van der Waals surface area contributed by atoms with Crippen molar-refractivity contribution < 1.29 is 0 Å². The monoisotopic (exact) mass is 969 g/mol. The Kier molecular flexibility index (Phi) is 9.92. The summed E-state index contributed by atoms with van der Waals surface area (Å²) >= 11 is 1.90. The Morgan fingerprint density at radius 3 is 1.78 bits per heavy atom. The van der Waals surface area contributed by atoms with Crippen molar-refractivity contribution >= 4 is 88.7 Å². The maximum absolute atomic E-state index is 2.71. The summed E-state index contributed by atoms with van der Waals surface area (Å²) < 4.78 is 2.67. The molecular formula is C69H69BN2S. The number of thiophene rings is 1. The highest BCUT2D eigenvalue weighted by molar-refractivity contribution is 7.26. The van der Waals surface area contributed by atoms with Crippen molar-refractivity contribution in [1.29, 1.82) is 0 Å². The molecule has 0 N–H and O–H groups in total. The molecule has 9 aromatic rings. The molecule has 13 rings (SSSR count). The van der Waals surface area contributed by atoms with Crippen LogP contribution in [0.5, 0.6) is 0 Å². The van der Waals surface area contributed by atoms with E-state index in [2.05, 4.69) is 245 Å². The number of fused-ring (bicyclic) bond motifs is 9. The van der Waals surface area contributed by atoms with Crippen molar-refractivity contribution in [3.8, 4) is 22.3 Å². The van der Waals surface area contributed by atoms with Crippen molar-refractivity contribution in [3.63, 3.8) is 0 Å². The lowest BCUT2D eigenvalue weighted by Gasteiger charge is -2.47. The van der Waals surface area contributed by atoms with Gasteiger partial charge in [-0.3, -0.25) is 0 Å². The Morgan fingerprint density at radius 1 is 0.466 bits per heavy atom. The van der Waals surface area contributed by atoms with Gasteiger partial charge in [0.05, 0.1) is 5.69 Å². The quantitative estimate of drug-likeness (QED) is 0.162. The standard InChI is InChI=1S/C69H69BN2S/c1-41-32-59-64-60(33-41)72(56-38-51-49(34-42(56)2)66(6,7)30-31-67(51,8)9)57-35-44(46-23-19-25-62-63(46)47-22-17-18-24-61(47)73-62)26-28-53(57)70(64)54-37-50-52(69(12,13)40-68(50,10)11)39-58(54)71(59)55-29-27-45(65(3,4)5)36-48(55)43-20-15-14-16-21-43/h14-29,32-39H,30-31,40H2,1-13H3. The van der Waals surface area contributed by atoms with E-state index in [4.69, 9.17) is 0 Å². The lowest BCUT2D eigenvalue weighted by atomic mass is 9.33. The molecule has 0 fully saturated rings. The summed E-state index contributed by atoms with van der Waals surface area (Å²) in [6.07, 6.45) is 3.46. The third-order valence-electron chi connectivity index (χ3n) is 18.0. The van der Waals surface area contributed by atoms with Gasteiger partial charge in [-0.2, -0.15) is 0 Å². The first-order valence-electron chi connectivity index (χ1n) is 27.0. The van der Waals surface area contributed by atoms with Crippen molar-refractivity contribution in [2.24, 2.45) is 0 Å². The van der Waals surface area contributed by atoms with E-state index in [1.54, 1.807) is 0 Å². The van der Waals surface area contributed by atoms with Crippen LogP contribution in [0.4, 0.5) is 34.1 Å². The largest absolute Gasteiger partial charge is 0.311 e. The molecule has 0 saturated carbocycles. The zero-order valence-corrected chi connectivity index (χ0v) is 46.2. The zero-order chi connectivity index (χ0) is 50.9. The Balaban J connectivity index is 1.15. The predicted octanol–water partition coefficient (Wildman–Crippen LogP) is 17.7. The van der Waals surface area contributed by atoms with E-state index in [-0.39, 0.29) is 33.8 Å². The van der Waals surface area contributed by atoms with E-state index < -0.39 is 0 Å². The lowest BCUT2D eigenvalue weighted by molar-refractivity contribution is 0.332. The fourth-order valence-electron chi connectivity index (χ4n) is 14.3. The van der Waals surface area contributed by atoms with Crippen LogP contribution in [0.15, 0.2) is 146 Å². The maximum Gasteiger partial charge on any atom is 0.252 e. The van der Waals surface area contributed by atoms with Gasteiger partial charge in [0, 0.05) is 54.2 Å². The van der Waals surface area contributed by atoms with Crippen molar-refractivity contribution in [2.75, 3.05) is 9.80 Å². The number of aryl methyl sites for hydroxylation is 2. The summed E-state index contributed by atoms with van der Waals surface area (Å²) in [4.78, 5) is 5.41. The van der Waals surface area contributed by atoms with Crippen molar-refractivity contribution in [3.05, 3.63) is 185 Å².